The number of hydrogen-bond acceptors (Lipinski definition) is 4. The van der Waals surface area contributed by atoms with E-state index < -0.39 is 0 Å². The number of nitrogens with zero attached hydrogens (tertiary/aromatic N) is 1. The van der Waals surface area contributed by atoms with Crippen molar-refractivity contribution in [2.45, 2.75) is 13.0 Å². The van der Waals surface area contributed by atoms with Crippen molar-refractivity contribution in [2.24, 2.45) is 5.73 Å². The lowest BCUT2D eigenvalue weighted by Gasteiger charge is -2.02. The van der Waals surface area contributed by atoms with Crippen molar-refractivity contribution in [3.63, 3.8) is 0 Å². The number of aromatic nitrogens is 1. The highest BCUT2D eigenvalue weighted by molar-refractivity contribution is 7.09. The predicted octanol–water partition coefficient (Wildman–Crippen LogP) is 3.70. The third kappa shape index (κ3) is 2.72. The fourth-order valence-electron chi connectivity index (χ4n) is 1.41. The minimum Gasteiger partial charge on any atom is -0.322 e. The lowest BCUT2D eigenvalue weighted by atomic mass is 10.1. The first-order valence-electron chi connectivity index (χ1n) is 5.20. The zero-order chi connectivity index (χ0) is 13.3. The van der Waals surface area contributed by atoms with Gasteiger partial charge in [-0.2, -0.15) is 0 Å². The Balaban J connectivity index is 2.38. The molecule has 0 saturated heterocycles. The van der Waals surface area contributed by atoms with Crippen LogP contribution in [-0.2, 0) is 0 Å². The van der Waals surface area contributed by atoms with Gasteiger partial charge in [0.15, 0.2) is 0 Å². The van der Waals surface area contributed by atoms with Crippen LogP contribution in [0.3, 0.4) is 0 Å². The van der Waals surface area contributed by atoms with Crippen LogP contribution in [0.4, 0.5) is 0 Å². The summed E-state index contributed by atoms with van der Waals surface area (Å²) in [4.78, 5) is 16.4. The largest absolute Gasteiger partial charge is 0.322 e. The van der Waals surface area contributed by atoms with E-state index in [1.54, 1.807) is 17.5 Å². The van der Waals surface area contributed by atoms with Gasteiger partial charge in [0.05, 0.1) is 11.1 Å². The summed E-state index contributed by atoms with van der Waals surface area (Å²) in [5.41, 5.74) is 6.41. The molecule has 1 atom stereocenters. The standard InChI is InChI=1S/C12H10Cl2N2OS/c1-6(15)12-16-10(5-18-12)11(17)8-4-7(13)2-3-9(8)14/h2-6H,15H2,1H3. The molecule has 2 aromatic rings. The van der Waals surface area contributed by atoms with Gasteiger partial charge in [0, 0.05) is 16.0 Å². The summed E-state index contributed by atoms with van der Waals surface area (Å²) >= 11 is 13.2. The molecule has 0 aliphatic rings. The van der Waals surface area contributed by atoms with Crippen molar-refractivity contribution in [3.05, 3.63) is 49.9 Å². The van der Waals surface area contributed by atoms with Crippen molar-refractivity contribution in [1.82, 2.24) is 4.98 Å². The van der Waals surface area contributed by atoms with Crippen molar-refractivity contribution in [3.8, 4) is 0 Å². The van der Waals surface area contributed by atoms with Crippen LogP contribution in [0, 0.1) is 0 Å². The average Bonchev–Trinajstić information content (AvgIpc) is 2.81. The Morgan fingerprint density at radius 3 is 2.78 bits per heavy atom. The first kappa shape index (κ1) is 13.5. The number of ketones is 1. The van der Waals surface area contributed by atoms with E-state index in [2.05, 4.69) is 4.98 Å². The number of benzene rings is 1. The van der Waals surface area contributed by atoms with Crippen LogP contribution in [-0.4, -0.2) is 10.8 Å². The van der Waals surface area contributed by atoms with Gasteiger partial charge in [-0.05, 0) is 25.1 Å². The Kier molecular flexibility index (Phi) is 4.02. The molecule has 18 heavy (non-hydrogen) atoms. The Morgan fingerprint density at radius 1 is 1.44 bits per heavy atom. The van der Waals surface area contributed by atoms with Crippen LogP contribution in [0.25, 0.3) is 0 Å². The van der Waals surface area contributed by atoms with Gasteiger partial charge in [-0.15, -0.1) is 11.3 Å². The molecule has 1 aromatic carbocycles. The van der Waals surface area contributed by atoms with Gasteiger partial charge in [-0.25, -0.2) is 4.98 Å². The van der Waals surface area contributed by atoms with Gasteiger partial charge >= 0.3 is 0 Å². The molecule has 0 amide bonds. The first-order valence-corrected chi connectivity index (χ1v) is 6.83. The monoisotopic (exact) mass is 300 g/mol. The molecule has 3 nitrogen and oxygen atoms in total. The molecule has 0 aliphatic carbocycles. The maximum Gasteiger partial charge on any atom is 0.213 e. The minimum absolute atomic E-state index is 0.189. The normalized spacial score (nSPS) is 12.4. The number of carbonyl (C=O) groups excluding carboxylic acids is 1. The molecule has 1 heterocycles. The lowest BCUT2D eigenvalue weighted by molar-refractivity contribution is 0.103. The van der Waals surface area contributed by atoms with Crippen LogP contribution in [0.1, 0.15) is 34.0 Å². The molecular weight excluding hydrogens is 291 g/mol. The highest BCUT2D eigenvalue weighted by Crippen LogP contribution is 2.25. The third-order valence-electron chi connectivity index (χ3n) is 2.32. The molecule has 94 valence electrons. The number of thiazole rings is 1. The van der Waals surface area contributed by atoms with Gasteiger partial charge in [-0.1, -0.05) is 23.2 Å². The lowest BCUT2D eigenvalue weighted by Crippen LogP contribution is -2.07. The Labute approximate surface area is 119 Å². The number of nitrogens with two attached hydrogens (primary N) is 1. The molecule has 0 radical (unpaired) electrons. The molecule has 1 aromatic heterocycles. The van der Waals surface area contributed by atoms with E-state index in [9.17, 15) is 4.79 Å². The second-order valence-electron chi connectivity index (χ2n) is 3.81. The van der Waals surface area contributed by atoms with Crippen molar-refractivity contribution in [1.29, 1.82) is 0 Å². The molecule has 0 spiro atoms. The smallest absolute Gasteiger partial charge is 0.213 e. The fraction of sp³-hybridized carbons (Fsp3) is 0.167. The van der Waals surface area contributed by atoms with Crippen LogP contribution < -0.4 is 5.73 Å². The van der Waals surface area contributed by atoms with Crippen molar-refractivity contribution >= 4 is 40.3 Å². The Morgan fingerprint density at radius 2 is 2.17 bits per heavy atom. The quantitative estimate of drug-likeness (QED) is 0.879. The van der Waals surface area contributed by atoms with E-state index in [1.165, 1.54) is 17.4 Å². The first-order chi connectivity index (χ1) is 8.49. The van der Waals surface area contributed by atoms with Gasteiger partial charge < -0.3 is 5.73 Å². The van der Waals surface area contributed by atoms with E-state index in [0.29, 0.717) is 21.3 Å². The zero-order valence-corrected chi connectivity index (χ0v) is 11.8. The molecule has 2 N–H and O–H groups in total. The number of carbonyl (C=O) groups is 1. The summed E-state index contributed by atoms with van der Waals surface area (Å²) in [6, 6.07) is 4.58. The fourth-order valence-corrected chi connectivity index (χ4v) is 2.54. The topological polar surface area (TPSA) is 56.0 Å². The van der Waals surface area contributed by atoms with E-state index in [4.69, 9.17) is 28.9 Å². The van der Waals surface area contributed by atoms with Crippen LogP contribution in [0.5, 0.6) is 0 Å². The maximum absolute atomic E-state index is 12.2. The maximum atomic E-state index is 12.2. The molecule has 0 saturated carbocycles. The minimum atomic E-state index is -0.245. The van der Waals surface area contributed by atoms with Crippen LogP contribution in [0.15, 0.2) is 23.6 Å². The second kappa shape index (κ2) is 5.36. The number of hydrogen-bond donors (Lipinski definition) is 1. The summed E-state index contributed by atoms with van der Waals surface area (Å²) in [6.45, 7) is 1.82. The Bertz CT molecular complexity index is 596. The van der Waals surface area contributed by atoms with Crippen LogP contribution >= 0.6 is 34.5 Å². The number of halogens is 2. The summed E-state index contributed by atoms with van der Waals surface area (Å²) in [5.74, 6) is -0.245. The van der Waals surface area contributed by atoms with E-state index in [-0.39, 0.29) is 11.8 Å². The molecular formula is C12H10Cl2N2OS. The van der Waals surface area contributed by atoms with Crippen molar-refractivity contribution < 1.29 is 4.79 Å². The molecule has 0 aliphatic heterocycles. The molecule has 0 bridgehead atoms. The summed E-state index contributed by atoms with van der Waals surface area (Å²) < 4.78 is 0. The molecule has 6 heteroatoms. The van der Waals surface area contributed by atoms with Gasteiger partial charge in [0.2, 0.25) is 5.78 Å². The van der Waals surface area contributed by atoms with E-state index in [1.807, 2.05) is 6.92 Å². The summed E-state index contributed by atoms with van der Waals surface area (Å²) in [7, 11) is 0. The summed E-state index contributed by atoms with van der Waals surface area (Å²) in [6.07, 6.45) is 0. The average molecular weight is 301 g/mol. The van der Waals surface area contributed by atoms with Gasteiger partial charge in [0.25, 0.3) is 0 Å². The second-order valence-corrected chi connectivity index (χ2v) is 5.55. The molecule has 1 unspecified atom stereocenters. The van der Waals surface area contributed by atoms with Crippen LogP contribution in [0.2, 0.25) is 10.0 Å². The van der Waals surface area contributed by atoms with E-state index in [0.717, 1.165) is 5.01 Å². The Hall–Kier alpha value is -0.940. The van der Waals surface area contributed by atoms with E-state index >= 15 is 0 Å². The van der Waals surface area contributed by atoms with Gasteiger partial charge in [-0.3, -0.25) is 4.79 Å². The van der Waals surface area contributed by atoms with Gasteiger partial charge in [0.1, 0.15) is 10.7 Å². The highest BCUT2D eigenvalue weighted by Gasteiger charge is 2.17. The predicted molar refractivity (Wildman–Crippen MR) is 74.6 cm³/mol. The molecule has 0 fully saturated rings. The van der Waals surface area contributed by atoms with Crippen molar-refractivity contribution in [2.75, 3.05) is 0 Å². The third-order valence-corrected chi connectivity index (χ3v) is 3.93. The molecule has 2 rings (SSSR count). The highest BCUT2D eigenvalue weighted by atomic mass is 35.5. The summed E-state index contributed by atoms with van der Waals surface area (Å²) in [5, 5.41) is 3.22. The SMILES string of the molecule is CC(N)c1nc(C(=O)c2cc(Cl)ccc2Cl)cs1. The zero-order valence-electron chi connectivity index (χ0n) is 9.48. The number of rotatable bonds is 3.